The summed E-state index contributed by atoms with van der Waals surface area (Å²) < 4.78 is 0. The molecule has 0 radical (unpaired) electrons. The average molecular weight is 245 g/mol. The van der Waals surface area contributed by atoms with Crippen molar-refractivity contribution in [2.24, 2.45) is 0 Å². The van der Waals surface area contributed by atoms with Crippen LogP contribution in [0.25, 0.3) is 0 Å². The molecule has 0 unspecified atom stereocenters. The van der Waals surface area contributed by atoms with E-state index in [1.807, 2.05) is 6.20 Å². The highest BCUT2D eigenvalue weighted by Crippen LogP contribution is 2.24. The third-order valence-electron chi connectivity index (χ3n) is 3.44. The molecule has 0 aliphatic carbocycles. The SMILES string of the molecule is CCNCc1cnc(C)cc1N1CC=C(C)CC1. The minimum atomic E-state index is 0.901. The first-order valence-corrected chi connectivity index (χ1v) is 6.77. The van der Waals surface area contributed by atoms with Crippen molar-refractivity contribution in [3.05, 3.63) is 35.2 Å². The van der Waals surface area contributed by atoms with Crippen molar-refractivity contribution in [3.63, 3.8) is 0 Å². The quantitative estimate of drug-likeness (QED) is 0.827. The molecule has 0 amide bonds. The molecule has 1 N–H and O–H groups in total. The predicted molar refractivity (Wildman–Crippen MR) is 76.9 cm³/mol. The van der Waals surface area contributed by atoms with E-state index >= 15 is 0 Å². The number of aromatic nitrogens is 1. The summed E-state index contributed by atoms with van der Waals surface area (Å²) in [5, 5.41) is 3.39. The monoisotopic (exact) mass is 245 g/mol. The Hall–Kier alpha value is -1.35. The molecule has 1 aromatic rings. The van der Waals surface area contributed by atoms with E-state index in [0.717, 1.165) is 31.9 Å². The second kappa shape index (κ2) is 6.01. The van der Waals surface area contributed by atoms with Gasteiger partial charge in [0.2, 0.25) is 0 Å². The lowest BCUT2D eigenvalue weighted by Crippen LogP contribution is -2.30. The molecule has 3 nitrogen and oxygen atoms in total. The molecule has 3 heteroatoms. The molecule has 0 spiro atoms. The molecular formula is C15H23N3. The van der Waals surface area contributed by atoms with E-state index in [0.29, 0.717) is 0 Å². The van der Waals surface area contributed by atoms with Gasteiger partial charge in [-0.05, 0) is 32.9 Å². The molecule has 1 aromatic heterocycles. The van der Waals surface area contributed by atoms with Crippen LogP contribution in [0.2, 0.25) is 0 Å². The highest BCUT2D eigenvalue weighted by atomic mass is 15.1. The van der Waals surface area contributed by atoms with Crippen LogP contribution in [0, 0.1) is 6.92 Å². The van der Waals surface area contributed by atoms with Crippen LogP contribution in [-0.2, 0) is 6.54 Å². The molecule has 1 aliphatic heterocycles. The third-order valence-corrected chi connectivity index (χ3v) is 3.44. The van der Waals surface area contributed by atoms with E-state index in [9.17, 15) is 0 Å². The maximum Gasteiger partial charge on any atom is 0.0448 e. The fourth-order valence-corrected chi connectivity index (χ4v) is 2.25. The number of aryl methyl sites for hydroxylation is 1. The number of hydrogen-bond acceptors (Lipinski definition) is 3. The van der Waals surface area contributed by atoms with Gasteiger partial charge in [0, 0.05) is 42.8 Å². The zero-order valence-electron chi connectivity index (χ0n) is 11.7. The Morgan fingerprint density at radius 3 is 2.89 bits per heavy atom. The second-order valence-corrected chi connectivity index (χ2v) is 4.98. The molecule has 2 rings (SSSR count). The van der Waals surface area contributed by atoms with Crippen LogP contribution < -0.4 is 10.2 Å². The minimum absolute atomic E-state index is 0.901. The summed E-state index contributed by atoms with van der Waals surface area (Å²) in [6.07, 6.45) is 5.51. The van der Waals surface area contributed by atoms with Crippen molar-refractivity contribution >= 4 is 5.69 Å². The zero-order chi connectivity index (χ0) is 13.0. The van der Waals surface area contributed by atoms with Crippen molar-refractivity contribution in [3.8, 4) is 0 Å². The fourth-order valence-electron chi connectivity index (χ4n) is 2.25. The smallest absolute Gasteiger partial charge is 0.0448 e. The van der Waals surface area contributed by atoms with Crippen molar-refractivity contribution < 1.29 is 0 Å². The molecule has 0 saturated carbocycles. The first-order valence-electron chi connectivity index (χ1n) is 6.77. The molecule has 0 aromatic carbocycles. The van der Waals surface area contributed by atoms with E-state index in [1.54, 1.807) is 0 Å². The van der Waals surface area contributed by atoms with Gasteiger partial charge in [0.1, 0.15) is 0 Å². The van der Waals surface area contributed by atoms with Gasteiger partial charge in [-0.15, -0.1) is 0 Å². The Balaban J connectivity index is 2.21. The molecule has 0 fully saturated rings. The van der Waals surface area contributed by atoms with Crippen molar-refractivity contribution in [1.29, 1.82) is 0 Å². The Morgan fingerprint density at radius 1 is 1.39 bits per heavy atom. The summed E-state index contributed by atoms with van der Waals surface area (Å²) in [6, 6.07) is 2.21. The second-order valence-electron chi connectivity index (χ2n) is 4.98. The van der Waals surface area contributed by atoms with Crippen LogP contribution in [0.3, 0.4) is 0 Å². The number of rotatable bonds is 4. The molecule has 98 valence electrons. The summed E-state index contributed by atoms with van der Waals surface area (Å²) in [4.78, 5) is 6.87. The summed E-state index contributed by atoms with van der Waals surface area (Å²) in [6.45, 7) is 10.4. The van der Waals surface area contributed by atoms with E-state index < -0.39 is 0 Å². The van der Waals surface area contributed by atoms with Gasteiger partial charge < -0.3 is 10.2 Å². The number of anilines is 1. The Morgan fingerprint density at radius 2 is 2.22 bits per heavy atom. The number of nitrogens with zero attached hydrogens (tertiary/aromatic N) is 2. The van der Waals surface area contributed by atoms with Crippen LogP contribution in [0.15, 0.2) is 23.9 Å². The average Bonchev–Trinajstić information content (AvgIpc) is 2.38. The zero-order valence-corrected chi connectivity index (χ0v) is 11.7. The Kier molecular flexibility index (Phi) is 4.37. The van der Waals surface area contributed by atoms with Gasteiger partial charge in [0.05, 0.1) is 0 Å². The normalized spacial score (nSPS) is 15.7. The highest BCUT2D eigenvalue weighted by molar-refractivity contribution is 5.55. The van der Waals surface area contributed by atoms with Gasteiger partial charge in [-0.2, -0.15) is 0 Å². The minimum Gasteiger partial charge on any atom is -0.367 e. The maximum atomic E-state index is 4.42. The van der Waals surface area contributed by atoms with Crippen LogP contribution >= 0.6 is 0 Å². The molecular weight excluding hydrogens is 222 g/mol. The summed E-state index contributed by atoms with van der Waals surface area (Å²) in [7, 11) is 0. The van der Waals surface area contributed by atoms with E-state index in [2.05, 4.69) is 48.1 Å². The van der Waals surface area contributed by atoms with E-state index in [-0.39, 0.29) is 0 Å². The van der Waals surface area contributed by atoms with Gasteiger partial charge in [-0.1, -0.05) is 18.6 Å². The van der Waals surface area contributed by atoms with E-state index in [1.165, 1.54) is 23.2 Å². The molecule has 2 heterocycles. The van der Waals surface area contributed by atoms with Gasteiger partial charge in [-0.25, -0.2) is 0 Å². The van der Waals surface area contributed by atoms with Crippen molar-refractivity contribution in [2.45, 2.75) is 33.7 Å². The lowest BCUT2D eigenvalue weighted by Gasteiger charge is -2.29. The first-order chi connectivity index (χ1) is 8.70. The Bertz CT molecular complexity index is 437. The predicted octanol–water partition coefficient (Wildman–Crippen LogP) is 2.66. The lowest BCUT2D eigenvalue weighted by molar-refractivity contribution is 0.713. The van der Waals surface area contributed by atoms with Crippen LogP contribution in [0.4, 0.5) is 5.69 Å². The van der Waals surface area contributed by atoms with Gasteiger partial charge in [0.15, 0.2) is 0 Å². The summed E-state index contributed by atoms with van der Waals surface area (Å²) in [5.74, 6) is 0. The number of pyridine rings is 1. The number of nitrogens with one attached hydrogen (secondary N) is 1. The maximum absolute atomic E-state index is 4.42. The molecule has 18 heavy (non-hydrogen) atoms. The fraction of sp³-hybridized carbons (Fsp3) is 0.533. The summed E-state index contributed by atoms with van der Waals surface area (Å²) >= 11 is 0. The third kappa shape index (κ3) is 3.10. The van der Waals surface area contributed by atoms with Crippen LogP contribution in [-0.4, -0.2) is 24.6 Å². The molecule has 0 atom stereocenters. The highest BCUT2D eigenvalue weighted by Gasteiger charge is 2.14. The summed E-state index contributed by atoms with van der Waals surface area (Å²) in [5.41, 5.74) is 5.24. The molecule has 0 bridgehead atoms. The van der Waals surface area contributed by atoms with Gasteiger partial charge in [-0.3, -0.25) is 4.98 Å². The Labute approximate surface area is 110 Å². The number of hydrogen-bond donors (Lipinski definition) is 1. The first kappa shape index (κ1) is 13.1. The topological polar surface area (TPSA) is 28.2 Å². The van der Waals surface area contributed by atoms with Crippen LogP contribution in [0.5, 0.6) is 0 Å². The van der Waals surface area contributed by atoms with Crippen LogP contribution in [0.1, 0.15) is 31.5 Å². The molecule has 1 aliphatic rings. The lowest BCUT2D eigenvalue weighted by atomic mass is 10.1. The van der Waals surface area contributed by atoms with Crippen molar-refractivity contribution in [1.82, 2.24) is 10.3 Å². The largest absolute Gasteiger partial charge is 0.367 e. The van der Waals surface area contributed by atoms with Crippen molar-refractivity contribution in [2.75, 3.05) is 24.5 Å². The van der Waals surface area contributed by atoms with Gasteiger partial charge >= 0.3 is 0 Å². The molecule has 0 saturated heterocycles. The standard InChI is InChI=1S/C15H23N3/c1-4-16-10-14-11-17-13(3)9-15(14)18-7-5-12(2)6-8-18/h5,9,11,16H,4,6-8,10H2,1-3H3. The van der Waals surface area contributed by atoms with Gasteiger partial charge in [0.25, 0.3) is 0 Å². The van der Waals surface area contributed by atoms with E-state index in [4.69, 9.17) is 0 Å².